The molecule has 0 aliphatic carbocycles. The maximum absolute atomic E-state index is 12.7. The minimum Gasteiger partial charge on any atom is -0.491 e. The van der Waals surface area contributed by atoms with Gasteiger partial charge >= 0.3 is 11.9 Å². The van der Waals surface area contributed by atoms with Gasteiger partial charge in [-0.3, -0.25) is 9.10 Å². The van der Waals surface area contributed by atoms with Crippen molar-refractivity contribution in [3.8, 4) is 5.75 Å². The summed E-state index contributed by atoms with van der Waals surface area (Å²) in [6.45, 7) is 3.18. The van der Waals surface area contributed by atoms with Crippen molar-refractivity contribution >= 4 is 39.2 Å². The molecule has 0 fully saturated rings. The SMILES string of the molecule is COC(=O)c1cc(NC(=O)CN(c2ccc(OC(C)C)cc2)S(C)(=O)=O)cc(C(=O)OC)c1. The highest BCUT2D eigenvalue weighted by Gasteiger charge is 2.22. The van der Waals surface area contributed by atoms with Crippen molar-refractivity contribution in [1.29, 1.82) is 0 Å². The van der Waals surface area contributed by atoms with E-state index in [0.29, 0.717) is 5.75 Å². The quantitative estimate of drug-likeness (QED) is 0.544. The van der Waals surface area contributed by atoms with E-state index < -0.39 is 34.4 Å². The van der Waals surface area contributed by atoms with Gasteiger partial charge < -0.3 is 19.5 Å². The Kier molecular flexibility index (Phi) is 8.41. The van der Waals surface area contributed by atoms with Gasteiger partial charge in [-0.2, -0.15) is 0 Å². The van der Waals surface area contributed by atoms with Gasteiger partial charge in [0.1, 0.15) is 12.3 Å². The van der Waals surface area contributed by atoms with Crippen LogP contribution in [0.3, 0.4) is 0 Å². The van der Waals surface area contributed by atoms with Crippen LogP contribution in [0.5, 0.6) is 5.75 Å². The molecule has 0 heterocycles. The maximum Gasteiger partial charge on any atom is 0.337 e. The minimum absolute atomic E-state index is 0.0106. The lowest BCUT2D eigenvalue weighted by atomic mass is 10.1. The summed E-state index contributed by atoms with van der Waals surface area (Å²) in [5, 5.41) is 2.51. The van der Waals surface area contributed by atoms with Crippen molar-refractivity contribution in [3.05, 3.63) is 53.6 Å². The first-order valence-corrected chi connectivity index (χ1v) is 11.7. The zero-order valence-electron chi connectivity index (χ0n) is 18.9. The van der Waals surface area contributed by atoms with Crippen LogP contribution in [0.1, 0.15) is 34.6 Å². The van der Waals surface area contributed by atoms with E-state index in [1.807, 2.05) is 13.8 Å². The largest absolute Gasteiger partial charge is 0.491 e. The monoisotopic (exact) mass is 478 g/mol. The van der Waals surface area contributed by atoms with E-state index in [-0.39, 0.29) is 28.6 Å². The molecule has 2 aromatic rings. The molecule has 0 radical (unpaired) electrons. The van der Waals surface area contributed by atoms with Crippen molar-refractivity contribution in [1.82, 2.24) is 0 Å². The topological polar surface area (TPSA) is 128 Å². The average Bonchev–Trinajstić information content (AvgIpc) is 2.75. The van der Waals surface area contributed by atoms with Crippen LogP contribution in [0.15, 0.2) is 42.5 Å². The molecule has 2 rings (SSSR count). The Labute approximate surface area is 192 Å². The van der Waals surface area contributed by atoms with Gasteiger partial charge in [0, 0.05) is 5.69 Å². The van der Waals surface area contributed by atoms with E-state index in [9.17, 15) is 22.8 Å². The Morgan fingerprint density at radius 3 is 1.88 bits per heavy atom. The van der Waals surface area contributed by atoms with Gasteiger partial charge in [0.05, 0.1) is 43.4 Å². The molecular formula is C22H26N2O8S. The van der Waals surface area contributed by atoms with Crippen molar-refractivity contribution in [2.45, 2.75) is 20.0 Å². The molecule has 0 spiro atoms. The Morgan fingerprint density at radius 1 is 0.939 bits per heavy atom. The highest BCUT2D eigenvalue weighted by atomic mass is 32.2. The number of carbonyl (C=O) groups is 3. The number of ether oxygens (including phenoxy) is 3. The Morgan fingerprint density at radius 2 is 1.45 bits per heavy atom. The van der Waals surface area contributed by atoms with E-state index in [1.54, 1.807) is 12.1 Å². The molecule has 1 N–H and O–H groups in total. The van der Waals surface area contributed by atoms with Crippen molar-refractivity contribution in [3.63, 3.8) is 0 Å². The Balaban J connectivity index is 2.29. The first-order valence-electron chi connectivity index (χ1n) is 9.80. The first kappa shape index (κ1) is 25.7. The second kappa shape index (κ2) is 10.8. The second-order valence-electron chi connectivity index (χ2n) is 7.26. The standard InChI is InChI=1S/C22H26N2O8S/c1-14(2)32-19-8-6-18(7-9-19)24(33(5,28)29)13-20(25)23-17-11-15(21(26)30-3)10-16(12-17)22(27)31-4/h6-12,14H,13H2,1-5H3,(H,23,25). The summed E-state index contributed by atoms with van der Waals surface area (Å²) < 4.78 is 40.5. The zero-order valence-corrected chi connectivity index (χ0v) is 19.8. The summed E-state index contributed by atoms with van der Waals surface area (Å²) in [5.74, 6) is -1.59. The molecular weight excluding hydrogens is 452 g/mol. The molecule has 1 amide bonds. The fraction of sp³-hybridized carbons (Fsp3) is 0.318. The molecule has 0 atom stereocenters. The predicted octanol–water partition coefficient (Wildman–Crippen LogP) is 2.45. The third-order valence-electron chi connectivity index (χ3n) is 4.24. The molecule has 0 bridgehead atoms. The van der Waals surface area contributed by atoms with E-state index in [1.165, 1.54) is 44.6 Å². The van der Waals surface area contributed by atoms with E-state index in [4.69, 9.17) is 4.74 Å². The Hall–Kier alpha value is -3.60. The number of sulfonamides is 1. The van der Waals surface area contributed by atoms with Crippen LogP contribution in [0.4, 0.5) is 11.4 Å². The fourth-order valence-corrected chi connectivity index (χ4v) is 3.72. The van der Waals surface area contributed by atoms with E-state index in [2.05, 4.69) is 14.8 Å². The molecule has 0 aliphatic heterocycles. The molecule has 0 aromatic heterocycles. The van der Waals surface area contributed by atoms with Crippen molar-refractivity contribution in [2.75, 3.05) is 36.6 Å². The highest BCUT2D eigenvalue weighted by Crippen LogP contribution is 2.23. The van der Waals surface area contributed by atoms with Gasteiger partial charge in [-0.1, -0.05) is 0 Å². The fourth-order valence-electron chi connectivity index (χ4n) is 2.87. The molecule has 0 unspecified atom stereocenters. The molecule has 2 aromatic carbocycles. The third kappa shape index (κ3) is 7.21. The summed E-state index contributed by atoms with van der Waals surface area (Å²) in [5.41, 5.74) is 0.382. The van der Waals surface area contributed by atoms with E-state index in [0.717, 1.165) is 10.6 Å². The van der Waals surface area contributed by atoms with Crippen LogP contribution >= 0.6 is 0 Å². The molecule has 0 saturated heterocycles. The van der Waals surface area contributed by atoms with Gasteiger partial charge in [0.2, 0.25) is 15.9 Å². The van der Waals surface area contributed by atoms with Crippen LogP contribution in [0.25, 0.3) is 0 Å². The highest BCUT2D eigenvalue weighted by molar-refractivity contribution is 7.92. The Bertz CT molecular complexity index is 1090. The van der Waals surface area contributed by atoms with Crippen LogP contribution in [0, 0.1) is 0 Å². The number of rotatable bonds is 9. The number of amides is 1. The van der Waals surface area contributed by atoms with Crippen LogP contribution < -0.4 is 14.4 Å². The zero-order chi connectivity index (χ0) is 24.8. The normalized spacial score (nSPS) is 11.0. The third-order valence-corrected chi connectivity index (χ3v) is 5.38. The molecule has 10 nitrogen and oxygen atoms in total. The molecule has 33 heavy (non-hydrogen) atoms. The average molecular weight is 479 g/mol. The number of hydrogen-bond acceptors (Lipinski definition) is 8. The summed E-state index contributed by atoms with van der Waals surface area (Å²) >= 11 is 0. The van der Waals surface area contributed by atoms with Gasteiger partial charge in [-0.15, -0.1) is 0 Å². The smallest absolute Gasteiger partial charge is 0.337 e. The summed E-state index contributed by atoms with van der Waals surface area (Å²) in [6.07, 6.45) is 0.926. The molecule has 0 aliphatic rings. The molecule has 0 saturated carbocycles. The summed E-state index contributed by atoms with van der Waals surface area (Å²) in [4.78, 5) is 36.5. The van der Waals surface area contributed by atoms with Crippen molar-refractivity contribution in [2.24, 2.45) is 0 Å². The van der Waals surface area contributed by atoms with Crippen LogP contribution in [-0.2, 0) is 24.3 Å². The van der Waals surface area contributed by atoms with Crippen LogP contribution in [0.2, 0.25) is 0 Å². The lowest BCUT2D eigenvalue weighted by molar-refractivity contribution is -0.114. The number of carbonyl (C=O) groups excluding carboxylic acids is 3. The lowest BCUT2D eigenvalue weighted by Crippen LogP contribution is -2.37. The first-order chi connectivity index (χ1) is 15.4. The number of nitrogens with one attached hydrogen (secondary N) is 1. The molecule has 178 valence electrons. The number of hydrogen-bond donors (Lipinski definition) is 1. The van der Waals surface area contributed by atoms with Crippen LogP contribution in [-0.4, -0.2) is 59.4 Å². The minimum atomic E-state index is -3.81. The van der Waals surface area contributed by atoms with Gasteiger partial charge in [-0.05, 0) is 56.3 Å². The predicted molar refractivity (Wildman–Crippen MR) is 122 cm³/mol. The molecule has 11 heteroatoms. The maximum atomic E-state index is 12.7. The number of benzene rings is 2. The lowest BCUT2D eigenvalue weighted by Gasteiger charge is -2.22. The van der Waals surface area contributed by atoms with Gasteiger partial charge in [0.25, 0.3) is 0 Å². The van der Waals surface area contributed by atoms with Gasteiger partial charge in [-0.25, -0.2) is 18.0 Å². The second-order valence-corrected chi connectivity index (χ2v) is 9.17. The number of esters is 2. The van der Waals surface area contributed by atoms with Crippen molar-refractivity contribution < 1.29 is 37.0 Å². The number of anilines is 2. The van der Waals surface area contributed by atoms with E-state index >= 15 is 0 Å². The number of nitrogens with zero attached hydrogens (tertiary/aromatic N) is 1. The van der Waals surface area contributed by atoms with Gasteiger partial charge in [0.15, 0.2) is 0 Å². The number of methoxy groups -OCH3 is 2. The summed E-state index contributed by atoms with van der Waals surface area (Å²) in [7, 11) is -1.46. The summed E-state index contributed by atoms with van der Waals surface area (Å²) in [6, 6.07) is 10.1.